The van der Waals surface area contributed by atoms with Crippen LogP contribution in [0.3, 0.4) is 0 Å². The quantitative estimate of drug-likeness (QED) is 0.843. The van der Waals surface area contributed by atoms with E-state index in [1.165, 1.54) is 6.42 Å². The Kier molecular flexibility index (Phi) is 4.40. The zero-order valence-electron chi connectivity index (χ0n) is 13.3. The van der Waals surface area contributed by atoms with E-state index in [1.54, 1.807) is 0 Å². The molecule has 114 valence electrons. The molecule has 2 aliphatic rings. The zero-order chi connectivity index (χ0) is 15.0. The molecule has 0 aromatic carbocycles. The van der Waals surface area contributed by atoms with Crippen molar-refractivity contribution >= 4 is 11.8 Å². The molecule has 1 saturated heterocycles. The summed E-state index contributed by atoms with van der Waals surface area (Å²) in [4.78, 5) is 26.8. The first kappa shape index (κ1) is 15.3. The maximum Gasteiger partial charge on any atom is 0.246 e. The molecule has 4 nitrogen and oxygen atoms in total. The molecule has 2 amide bonds. The molecule has 1 heterocycles. The smallest absolute Gasteiger partial charge is 0.246 e. The lowest BCUT2D eigenvalue weighted by Crippen LogP contribution is -2.66. The Hall–Kier alpha value is -1.06. The van der Waals surface area contributed by atoms with Crippen molar-refractivity contribution in [2.24, 2.45) is 17.8 Å². The number of piperazine rings is 1. The van der Waals surface area contributed by atoms with Gasteiger partial charge < -0.3 is 10.2 Å². The Morgan fingerprint density at radius 2 is 1.60 bits per heavy atom. The van der Waals surface area contributed by atoms with Gasteiger partial charge in [0.1, 0.15) is 12.1 Å². The van der Waals surface area contributed by atoms with Gasteiger partial charge in [0.05, 0.1) is 0 Å². The molecule has 2 fully saturated rings. The van der Waals surface area contributed by atoms with Crippen LogP contribution in [0.2, 0.25) is 0 Å². The summed E-state index contributed by atoms with van der Waals surface area (Å²) in [6.45, 7) is 10.3. The Labute approximate surface area is 122 Å². The van der Waals surface area contributed by atoms with Crippen LogP contribution in [-0.4, -0.2) is 34.8 Å². The first-order valence-electron chi connectivity index (χ1n) is 7.93. The highest BCUT2D eigenvalue weighted by Crippen LogP contribution is 2.34. The van der Waals surface area contributed by atoms with E-state index in [2.05, 4.69) is 19.2 Å². The molecule has 20 heavy (non-hydrogen) atoms. The van der Waals surface area contributed by atoms with Crippen LogP contribution in [0.5, 0.6) is 0 Å². The van der Waals surface area contributed by atoms with Crippen molar-refractivity contribution in [2.45, 2.75) is 72.0 Å². The number of carbonyl (C=O) groups excluding carboxylic acids is 2. The molecule has 4 heteroatoms. The molecule has 1 aliphatic heterocycles. The molecule has 0 aromatic rings. The minimum Gasteiger partial charge on any atom is -0.342 e. The molecule has 4 unspecified atom stereocenters. The second kappa shape index (κ2) is 5.74. The van der Waals surface area contributed by atoms with Crippen LogP contribution in [-0.2, 0) is 9.59 Å². The minimum absolute atomic E-state index is 0.00539. The number of rotatable bonds is 2. The molecule has 1 saturated carbocycles. The largest absolute Gasteiger partial charge is 0.342 e. The average Bonchev–Trinajstić information content (AvgIpc) is 2.32. The lowest BCUT2D eigenvalue weighted by molar-refractivity contribution is -0.154. The highest BCUT2D eigenvalue weighted by Gasteiger charge is 2.44. The van der Waals surface area contributed by atoms with Crippen LogP contribution in [0.25, 0.3) is 0 Å². The van der Waals surface area contributed by atoms with Crippen LogP contribution in [0.1, 0.15) is 53.9 Å². The molecule has 0 bridgehead atoms. The maximum absolute atomic E-state index is 12.7. The van der Waals surface area contributed by atoms with Crippen molar-refractivity contribution in [3.63, 3.8) is 0 Å². The third kappa shape index (κ3) is 2.84. The summed E-state index contributed by atoms with van der Waals surface area (Å²) < 4.78 is 0. The van der Waals surface area contributed by atoms with E-state index in [9.17, 15) is 9.59 Å². The van der Waals surface area contributed by atoms with E-state index in [0.29, 0.717) is 11.8 Å². The molecule has 4 atom stereocenters. The Balaban J connectivity index is 2.22. The van der Waals surface area contributed by atoms with Gasteiger partial charge in [-0.25, -0.2) is 0 Å². The lowest BCUT2D eigenvalue weighted by atomic mass is 9.78. The second-order valence-corrected chi connectivity index (χ2v) is 7.22. The summed E-state index contributed by atoms with van der Waals surface area (Å²) in [5.74, 6) is 1.50. The molecule has 0 spiro atoms. The molecule has 0 radical (unpaired) electrons. The number of nitrogens with one attached hydrogen (secondary N) is 1. The first-order valence-corrected chi connectivity index (χ1v) is 7.93. The zero-order valence-corrected chi connectivity index (χ0v) is 13.3. The van der Waals surface area contributed by atoms with E-state index >= 15 is 0 Å². The van der Waals surface area contributed by atoms with E-state index in [0.717, 1.165) is 12.8 Å². The van der Waals surface area contributed by atoms with Gasteiger partial charge in [-0.05, 0) is 43.9 Å². The van der Waals surface area contributed by atoms with Crippen LogP contribution < -0.4 is 5.32 Å². The molecular weight excluding hydrogens is 252 g/mol. The van der Waals surface area contributed by atoms with Gasteiger partial charge in [0.15, 0.2) is 0 Å². The topological polar surface area (TPSA) is 49.4 Å². The van der Waals surface area contributed by atoms with Crippen LogP contribution >= 0.6 is 0 Å². The second-order valence-electron chi connectivity index (χ2n) is 7.22. The third-order valence-electron chi connectivity index (χ3n) is 4.83. The van der Waals surface area contributed by atoms with Gasteiger partial charge in [0.25, 0.3) is 0 Å². The Bertz CT molecular complexity index is 384. The summed E-state index contributed by atoms with van der Waals surface area (Å²) in [5, 5.41) is 2.88. The van der Waals surface area contributed by atoms with E-state index in [4.69, 9.17) is 0 Å². The van der Waals surface area contributed by atoms with Gasteiger partial charge in [0, 0.05) is 6.04 Å². The molecule has 1 aliphatic carbocycles. The monoisotopic (exact) mass is 280 g/mol. The number of hydrogen-bond donors (Lipinski definition) is 1. The van der Waals surface area contributed by atoms with Gasteiger partial charge in [-0.3, -0.25) is 9.59 Å². The normalized spacial score (nSPS) is 39.1. The fourth-order valence-corrected chi connectivity index (χ4v) is 3.89. The summed E-state index contributed by atoms with van der Waals surface area (Å²) in [6, 6.07) is -0.463. The fraction of sp³-hybridized carbons (Fsp3) is 0.875. The highest BCUT2D eigenvalue weighted by molar-refractivity contribution is 5.97. The van der Waals surface area contributed by atoms with Gasteiger partial charge in [-0.2, -0.15) is 0 Å². The summed E-state index contributed by atoms with van der Waals surface area (Å²) in [7, 11) is 0. The van der Waals surface area contributed by atoms with E-state index in [-0.39, 0.29) is 35.9 Å². The maximum atomic E-state index is 12.7. The van der Waals surface area contributed by atoms with Crippen molar-refractivity contribution < 1.29 is 9.59 Å². The Morgan fingerprint density at radius 3 is 2.10 bits per heavy atom. The van der Waals surface area contributed by atoms with Crippen molar-refractivity contribution in [3.05, 3.63) is 0 Å². The third-order valence-corrected chi connectivity index (χ3v) is 4.83. The first-order chi connectivity index (χ1) is 9.31. The lowest BCUT2D eigenvalue weighted by Gasteiger charge is -2.46. The van der Waals surface area contributed by atoms with Crippen molar-refractivity contribution in [1.82, 2.24) is 10.2 Å². The predicted molar refractivity (Wildman–Crippen MR) is 79.0 cm³/mol. The van der Waals surface area contributed by atoms with E-state index in [1.807, 2.05) is 25.7 Å². The number of nitrogens with zero attached hydrogens (tertiary/aromatic N) is 1. The van der Waals surface area contributed by atoms with Crippen molar-refractivity contribution in [2.75, 3.05) is 0 Å². The average molecular weight is 280 g/mol. The van der Waals surface area contributed by atoms with Gasteiger partial charge in [0.2, 0.25) is 11.8 Å². The van der Waals surface area contributed by atoms with Gasteiger partial charge in [-0.1, -0.05) is 27.7 Å². The van der Waals surface area contributed by atoms with E-state index < -0.39 is 0 Å². The van der Waals surface area contributed by atoms with Gasteiger partial charge in [-0.15, -0.1) is 0 Å². The predicted octanol–water partition coefficient (Wildman–Crippen LogP) is 2.18. The Morgan fingerprint density at radius 1 is 1.05 bits per heavy atom. The summed E-state index contributed by atoms with van der Waals surface area (Å²) in [5.41, 5.74) is 0. The minimum atomic E-state index is -0.355. The SMILES string of the molecule is CC1CC(C)CC(N2C(=O)C(C(C)C)NC(=O)C2C)C1. The fourth-order valence-electron chi connectivity index (χ4n) is 3.89. The number of hydrogen-bond acceptors (Lipinski definition) is 2. The van der Waals surface area contributed by atoms with Crippen LogP contribution in [0.4, 0.5) is 0 Å². The molecular formula is C16H28N2O2. The standard InChI is InChI=1S/C16H28N2O2/c1-9(2)14-16(20)18(12(5)15(19)17-14)13-7-10(3)6-11(4)8-13/h9-14H,6-8H2,1-5H3,(H,17,19). The molecule has 2 rings (SSSR count). The van der Waals surface area contributed by atoms with Crippen LogP contribution in [0.15, 0.2) is 0 Å². The number of amides is 2. The molecule has 1 N–H and O–H groups in total. The summed E-state index contributed by atoms with van der Waals surface area (Å²) in [6.07, 6.45) is 3.28. The van der Waals surface area contributed by atoms with Crippen LogP contribution in [0, 0.1) is 17.8 Å². The molecule has 0 aromatic heterocycles. The summed E-state index contributed by atoms with van der Waals surface area (Å²) >= 11 is 0. The number of carbonyl (C=O) groups is 2. The highest BCUT2D eigenvalue weighted by atomic mass is 16.2. The van der Waals surface area contributed by atoms with Crippen molar-refractivity contribution in [1.29, 1.82) is 0 Å². The van der Waals surface area contributed by atoms with Gasteiger partial charge >= 0.3 is 0 Å². The van der Waals surface area contributed by atoms with Crippen molar-refractivity contribution in [3.8, 4) is 0 Å².